The number of fused-ring (bicyclic) bond motifs is 2. The third kappa shape index (κ3) is 1.92. The van der Waals surface area contributed by atoms with Crippen molar-refractivity contribution in [2.45, 2.75) is 0 Å². The zero-order valence-electron chi connectivity index (χ0n) is 13.5. The second-order valence-corrected chi connectivity index (χ2v) is 5.87. The first-order valence-electron chi connectivity index (χ1n) is 7.56. The minimum atomic E-state index is -0.513. The lowest BCUT2D eigenvalue weighted by molar-refractivity contribution is 0.105. The van der Waals surface area contributed by atoms with Gasteiger partial charge in [0.25, 0.3) is 5.56 Å². The van der Waals surface area contributed by atoms with E-state index in [1.165, 1.54) is 30.8 Å². The summed E-state index contributed by atoms with van der Waals surface area (Å²) in [5.41, 5.74) is 0.315. The van der Waals surface area contributed by atoms with Gasteiger partial charge in [-0.05, 0) is 12.1 Å². The number of hydrogen-bond donors (Lipinski definition) is 1. The molecule has 0 spiro atoms. The molecule has 0 saturated carbocycles. The van der Waals surface area contributed by atoms with Gasteiger partial charge in [0.1, 0.15) is 11.4 Å². The molecule has 124 valence electrons. The number of allylic oxidation sites excluding steroid dienone is 1. The van der Waals surface area contributed by atoms with Crippen LogP contribution in [0.5, 0.6) is 0 Å². The molecule has 1 aliphatic rings. The van der Waals surface area contributed by atoms with Crippen molar-refractivity contribution in [3.05, 3.63) is 74.1 Å². The summed E-state index contributed by atoms with van der Waals surface area (Å²) in [5, 5.41) is 10.7. The predicted molar refractivity (Wildman–Crippen MR) is 92.4 cm³/mol. The van der Waals surface area contributed by atoms with E-state index in [0.717, 1.165) is 4.57 Å². The lowest BCUT2D eigenvalue weighted by Gasteiger charge is -2.08. The molecule has 1 N–H and O–H groups in total. The Morgan fingerprint density at radius 1 is 0.920 bits per heavy atom. The highest BCUT2D eigenvalue weighted by Crippen LogP contribution is 2.36. The molecule has 0 aliphatic heterocycles. The van der Waals surface area contributed by atoms with E-state index < -0.39 is 11.2 Å². The highest BCUT2D eigenvalue weighted by atomic mass is 16.3. The van der Waals surface area contributed by atoms with Crippen LogP contribution >= 0.6 is 0 Å². The minimum absolute atomic E-state index is 0.0660. The van der Waals surface area contributed by atoms with Gasteiger partial charge in [0, 0.05) is 25.2 Å². The van der Waals surface area contributed by atoms with Gasteiger partial charge >= 0.3 is 5.69 Å². The molecule has 0 amide bonds. The van der Waals surface area contributed by atoms with Gasteiger partial charge in [-0.15, -0.1) is 0 Å². The Morgan fingerprint density at radius 3 is 2.28 bits per heavy atom. The van der Waals surface area contributed by atoms with E-state index in [1.54, 1.807) is 24.3 Å². The number of carbonyl (C=O) groups excluding carboxylic acids is 1. The Kier molecular flexibility index (Phi) is 3.02. The summed E-state index contributed by atoms with van der Waals surface area (Å²) >= 11 is 0. The SMILES string of the molecule is Cn1c(=O)c2ccc(C3=C(O)c4ccccc4C3=O)nc2n(C)c1=O. The van der Waals surface area contributed by atoms with E-state index in [9.17, 15) is 19.5 Å². The molecule has 0 atom stereocenters. The second-order valence-electron chi connectivity index (χ2n) is 5.87. The van der Waals surface area contributed by atoms with Gasteiger partial charge in [0.05, 0.1) is 16.7 Å². The highest BCUT2D eigenvalue weighted by Gasteiger charge is 2.31. The van der Waals surface area contributed by atoms with Crippen molar-refractivity contribution in [3.8, 4) is 0 Å². The highest BCUT2D eigenvalue weighted by molar-refractivity contribution is 6.38. The molecule has 3 aromatic rings. The summed E-state index contributed by atoms with van der Waals surface area (Å²) in [6.45, 7) is 0. The number of ketones is 1. The first-order chi connectivity index (χ1) is 11.9. The fraction of sp³-hybridized carbons (Fsp3) is 0.111. The van der Waals surface area contributed by atoms with Crippen LogP contribution in [0.3, 0.4) is 0 Å². The number of aromatic nitrogens is 3. The second kappa shape index (κ2) is 5.01. The monoisotopic (exact) mass is 335 g/mol. The zero-order chi connectivity index (χ0) is 17.9. The molecule has 0 saturated heterocycles. The van der Waals surface area contributed by atoms with Crippen LogP contribution in [0.2, 0.25) is 0 Å². The largest absolute Gasteiger partial charge is 0.506 e. The average Bonchev–Trinajstić information content (AvgIpc) is 2.89. The molecule has 4 rings (SSSR count). The van der Waals surface area contributed by atoms with E-state index in [2.05, 4.69) is 4.98 Å². The first-order valence-corrected chi connectivity index (χ1v) is 7.56. The quantitative estimate of drug-likeness (QED) is 0.722. The number of nitrogens with zero attached hydrogens (tertiary/aromatic N) is 3. The van der Waals surface area contributed by atoms with Crippen LogP contribution in [-0.4, -0.2) is 25.0 Å². The predicted octanol–water partition coefficient (Wildman–Crippen LogP) is 1.25. The van der Waals surface area contributed by atoms with Crippen molar-refractivity contribution in [1.82, 2.24) is 14.1 Å². The van der Waals surface area contributed by atoms with Gasteiger partial charge in [-0.3, -0.25) is 18.7 Å². The van der Waals surface area contributed by atoms with Crippen LogP contribution in [0, 0.1) is 0 Å². The topological polar surface area (TPSA) is 94.2 Å². The van der Waals surface area contributed by atoms with Gasteiger partial charge in [0.2, 0.25) is 0 Å². The molecule has 2 heterocycles. The molecule has 0 fully saturated rings. The zero-order valence-corrected chi connectivity index (χ0v) is 13.5. The Labute approximate surface area is 141 Å². The molecule has 7 nitrogen and oxygen atoms in total. The van der Waals surface area contributed by atoms with Gasteiger partial charge in [0.15, 0.2) is 5.78 Å². The maximum absolute atomic E-state index is 12.6. The number of aryl methyl sites for hydroxylation is 1. The number of aliphatic hydroxyl groups is 1. The summed E-state index contributed by atoms with van der Waals surface area (Å²) in [5.74, 6) is -0.491. The van der Waals surface area contributed by atoms with Crippen molar-refractivity contribution in [3.63, 3.8) is 0 Å². The van der Waals surface area contributed by atoms with Crippen molar-refractivity contribution in [1.29, 1.82) is 0 Å². The van der Waals surface area contributed by atoms with Crippen molar-refractivity contribution in [2.24, 2.45) is 14.1 Å². The summed E-state index contributed by atoms with van der Waals surface area (Å²) in [6.07, 6.45) is 0. The van der Waals surface area contributed by atoms with Crippen LogP contribution in [0.15, 0.2) is 46.0 Å². The molecule has 0 unspecified atom stereocenters. The number of Topliss-reactive ketones (excluding diaryl/α,β-unsaturated/α-hetero) is 1. The number of rotatable bonds is 1. The van der Waals surface area contributed by atoms with E-state index >= 15 is 0 Å². The number of carbonyl (C=O) groups is 1. The van der Waals surface area contributed by atoms with Crippen LogP contribution in [-0.2, 0) is 14.1 Å². The molecular weight excluding hydrogens is 322 g/mol. The van der Waals surface area contributed by atoms with Gasteiger partial charge in [-0.1, -0.05) is 24.3 Å². The molecular formula is C18H13N3O4. The first kappa shape index (κ1) is 15.1. The van der Waals surface area contributed by atoms with Crippen molar-refractivity contribution in [2.75, 3.05) is 0 Å². The van der Waals surface area contributed by atoms with Crippen LogP contribution < -0.4 is 11.2 Å². The van der Waals surface area contributed by atoms with Gasteiger partial charge in [-0.2, -0.15) is 0 Å². The lowest BCUT2D eigenvalue weighted by Crippen LogP contribution is -2.37. The smallest absolute Gasteiger partial charge is 0.332 e. The number of benzene rings is 1. The van der Waals surface area contributed by atoms with E-state index in [4.69, 9.17) is 0 Å². The lowest BCUT2D eigenvalue weighted by atomic mass is 10.1. The molecule has 25 heavy (non-hydrogen) atoms. The molecule has 7 heteroatoms. The molecule has 1 aromatic carbocycles. The van der Waals surface area contributed by atoms with Crippen molar-refractivity contribution < 1.29 is 9.90 Å². The fourth-order valence-electron chi connectivity index (χ4n) is 3.10. The molecule has 0 radical (unpaired) electrons. The summed E-state index contributed by atoms with van der Waals surface area (Å²) < 4.78 is 2.24. The average molecular weight is 335 g/mol. The molecule has 2 aromatic heterocycles. The van der Waals surface area contributed by atoms with Crippen LogP contribution in [0.25, 0.3) is 22.4 Å². The van der Waals surface area contributed by atoms with E-state index in [0.29, 0.717) is 11.1 Å². The van der Waals surface area contributed by atoms with Gasteiger partial charge < -0.3 is 5.11 Å². The van der Waals surface area contributed by atoms with Crippen LogP contribution in [0.4, 0.5) is 0 Å². The fourth-order valence-corrected chi connectivity index (χ4v) is 3.10. The molecule has 0 bridgehead atoms. The summed E-state index contributed by atoms with van der Waals surface area (Å²) in [6, 6.07) is 9.75. The maximum atomic E-state index is 12.6. The Bertz CT molecular complexity index is 1230. The van der Waals surface area contributed by atoms with E-state index in [-0.39, 0.29) is 33.8 Å². The maximum Gasteiger partial charge on any atom is 0.332 e. The van der Waals surface area contributed by atoms with Gasteiger partial charge in [-0.25, -0.2) is 9.78 Å². The third-order valence-electron chi connectivity index (χ3n) is 4.45. The number of pyridine rings is 1. The Balaban J connectivity index is 2.02. The normalized spacial score (nSPS) is 13.6. The Hall–Kier alpha value is -3.48. The molecule has 1 aliphatic carbocycles. The Morgan fingerprint density at radius 2 is 1.60 bits per heavy atom. The number of aliphatic hydroxyl groups excluding tert-OH is 1. The van der Waals surface area contributed by atoms with E-state index in [1.807, 2.05) is 0 Å². The number of hydrogen-bond acceptors (Lipinski definition) is 5. The van der Waals surface area contributed by atoms with Crippen LogP contribution in [0.1, 0.15) is 21.6 Å². The summed E-state index contributed by atoms with van der Waals surface area (Å²) in [4.78, 5) is 41.3. The van der Waals surface area contributed by atoms with Crippen molar-refractivity contribution >= 4 is 28.1 Å². The summed E-state index contributed by atoms with van der Waals surface area (Å²) in [7, 11) is 2.89. The minimum Gasteiger partial charge on any atom is -0.506 e. The standard InChI is InChI=1S/C18H13N3O4/c1-20-16-11(17(24)21(2)18(20)25)7-8-12(19-16)13-14(22)9-5-3-4-6-10(9)15(13)23/h3-8,22H,1-2H3. The third-order valence-corrected chi connectivity index (χ3v) is 4.45.